The summed E-state index contributed by atoms with van der Waals surface area (Å²) in [6.07, 6.45) is 11.6. The second kappa shape index (κ2) is 47.1. The smallest absolute Gasteiger partial charge is 0.512 e. The van der Waals surface area contributed by atoms with E-state index in [4.69, 9.17) is 20.2 Å². The molecule has 10 nitrogen and oxygen atoms in total. The Balaban J connectivity index is 0.000000241. The Hall–Kier alpha value is -10.3. The Bertz CT molecular complexity index is 5470. The summed E-state index contributed by atoms with van der Waals surface area (Å²) in [7, 11) is -1.28. The molecule has 0 bridgehead atoms. The van der Waals surface area contributed by atoms with E-state index in [1.54, 1.807) is 12.4 Å². The third-order valence-corrected chi connectivity index (χ3v) is 18.4. The molecule has 0 saturated heterocycles. The normalized spacial score (nSPS) is 10.6. The number of aliphatic hydroxyl groups excluding tert-OH is 2. The van der Waals surface area contributed by atoms with E-state index in [9.17, 15) is 9.59 Å². The van der Waals surface area contributed by atoms with Gasteiger partial charge < -0.3 is 30.2 Å². The fraction of sp³-hybridized carbons (Fsp3) is 0.113. The number of carbonyl (C=O) groups is 2. The number of hydrogen-bond donors (Lipinski definition) is 2. The molecule has 0 aliphatic heterocycles. The van der Waals surface area contributed by atoms with Crippen molar-refractivity contribution in [3.63, 3.8) is 0 Å². The summed E-state index contributed by atoms with van der Waals surface area (Å²) in [5.41, 5.74) is 19.9. The van der Waals surface area contributed by atoms with Crippen molar-refractivity contribution in [2.24, 2.45) is 4.99 Å². The number of rotatable bonds is 11. The van der Waals surface area contributed by atoms with E-state index >= 15 is 0 Å². The fourth-order valence-electron chi connectivity index (χ4n) is 11.3. The van der Waals surface area contributed by atoms with Crippen LogP contribution in [0.4, 0.5) is 5.69 Å². The van der Waals surface area contributed by atoms with Gasteiger partial charge in [-0.15, -0.1) is 208 Å². The summed E-state index contributed by atoms with van der Waals surface area (Å²) < 4.78 is 0. The van der Waals surface area contributed by atoms with Crippen molar-refractivity contribution in [3.8, 4) is 67.4 Å². The Morgan fingerprint density at radius 2 is 0.955 bits per heavy atom. The standard InChI is InChI=1S/C24H16N2.C20H22NSi.C17H14N.C15H10N.C11H8N.2C5H8O2.3Ir.Pt/c1-2-10-20(11-3-1)22-13-4-5-15-24(22)26-18-19-9-8-12-21(17-19)23-14-6-7-16-25-23;1-14-10-15(2)12-17(11-14)20-8-6-16-13-18(22(3,4)5)7-9-19(16)21-20;1-12-6-5-8-14(10-12)17-13(2)16-9-4-3-7-15(16)11-18-17;1-2-6-12(7-3-1)15-10-13-8-4-5-9-14(13)11-16-15;1-2-6-10(7-3-1)11-8-4-5-9-12-11;2*1-4(6)3-5(2)7;;;;/h1-10,12-16,18H;6-11,13H,1-5H3;3-7,9-11H,1-2H3;1-6,8-11H;1-6,8-9H;2*3,6H,1-2H3;;;;/q-2;4*-1;;;;;;+2. The summed E-state index contributed by atoms with van der Waals surface area (Å²) in [6, 6.07) is 109. The number of aliphatic imine (C=N–C) groups is 1. The van der Waals surface area contributed by atoms with Gasteiger partial charge in [-0.25, -0.2) is 0 Å². The number of para-hydroxylation sites is 1. The summed E-state index contributed by atoms with van der Waals surface area (Å²) in [5, 5.41) is 24.3. The van der Waals surface area contributed by atoms with E-state index in [0.717, 1.165) is 89.7 Å². The number of ketones is 2. The van der Waals surface area contributed by atoms with Gasteiger partial charge in [0.15, 0.2) is 11.6 Å². The SMILES string of the molecule is CC(=O)C=C(C)O.CC(=O)C=C(C)O.Cc1[c-]c(-c2ccc3cc([Si](C)(C)C)ccc3n2)cc(C)c1.Cc1cc[c-]c(-c2ncc3ccccc3c2C)c1.[Ir].[Ir].[Ir].[Pt+2].[c-]1c(C=Nc2ccccc2-c2[c-]cccc2)cccc1-c1ccccn1.[c-]1ccccc1-c1cc2ccccc2cn1.[c-]1ccccc1-c1ccccn1. The molecule has 15 heteroatoms. The van der Waals surface area contributed by atoms with Gasteiger partial charge in [-0.2, -0.15) is 0 Å². The molecule has 3 radical (unpaired) electrons. The number of aliphatic hydroxyl groups is 2. The Labute approximate surface area is 715 Å². The van der Waals surface area contributed by atoms with Crippen LogP contribution in [0.3, 0.4) is 0 Å². The number of benzene rings is 10. The molecule has 112 heavy (non-hydrogen) atoms. The molecule has 2 N–H and O–H groups in total. The zero-order valence-corrected chi connectivity index (χ0v) is 74.6. The van der Waals surface area contributed by atoms with Crippen molar-refractivity contribution in [1.82, 2.24) is 24.9 Å². The first kappa shape index (κ1) is 92.3. The molecule has 573 valence electrons. The minimum atomic E-state index is -1.28. The van der Waals surface area contributed by atoms with E-state index < -0.39 is 8.07 Å². The van der Waals surface area contributed by atoms with Crippen molar-refractivity contribution in [2.45, 2.75) is 75.0 Å². The second-order valence-corrected chi connectivity index (χ2v) is 31.5. The molecular formula is C97H86Ir3N6O4PtSi-4. The first-order chi connectivity index (χ1) is 52.1. The van der Waals surface area contributed by atoms with Gasteiger partial charge in [-0.3, -0.25) is 19.6 Å². The van der Waals surface area contributed by atoms with Crippen LogP contribution in [0.25, 0.3) is 99.9 Å². The quantitative estimate of drug-likeness (QED) is 0.0424. The summed E-state index contributed by atoms with van der Waals surface area (Å²) in [4.78, 5) is 47.2. The van der Waals surface area contributed by atoms with E-state index in [0.29, 0.717) is 0 Å². The van der Waals surface area contributed by atoms with Gasteiger partial charge in [0.05, 0.1) is 25.1 Å². The third-order valence-electron chi connectivity index (χ3n) is 16.3. The molecule has 5 heterocycles. The molecule has 0 aliphatic rings. The molecule has 15 aromatic rings. The van der Waals surface area contributed by atoms with Crippen molar-refractivity contribution in [2.75, 3.05) is 0 Å². The van der Waals surface area contributed by atoms with Crippen LogP contribution in [-0.2, 0) is 91.0 Å². The minimum Gasteiger partial charge on any atom is -0.512 e. The number of fused-ring (bicyclic) bond motifs is 3. The molecule has 15 rings (SSSR count). The van der Waals surface area contributed by atoms with Crippen LogP contribution in [0.15, 0.2) is 320 Å². The second-order valence-electron chi connectivity index (χ2n) is 26.5. The number of carbonyl (C=O) groups excluding carboxylic acids is 2. The first-order valence-corrected chi connectivity index (χ1v) is 38.9. The van der Waals surface area contributed by atoms with E-state index in [2.05, 4.69) is 201 Å². The minimum absolute atomic E-state index is 0. The van der Waals surface area contributed by atoms with Crippen LogP contribution in [0.2, 0.25) is 19.6 Å². The zero-order valence-electron chi connectivity index (χ0n) is 64.2. The zero-order chi connectivity index (χ0) is 76.8. The predicted molar refractivity (Wildman–Crippen MR) is 449 cm³/mol. The predicted octanol–water partition coefficient (Wildman–Crippen LogP) is 23.3. The monoisotopic (exact) mass is 2200 g/mol. The van der Waals surface area contributed by atoms with E-state index in [1.807, 2.05) is 188 Å². The third kappa shape index (κ3) is 29.4. The van der Waals surface area contributed by atoms with Crippen molar-refractivity contribution in [3.05, 3.63) is 380 Å². The molecule has 0 aliphatic carbocycles. The van der Waals surface area contributed by atoms with E-state index in [-0.39, 0.29) is 104 Å². The van der Waals surface area contributed by atoms with Crippen LogP contribution in [0, 0.1) is 64.1 Å². The Morgan fingerprint density at radius 1 is 0.420 bits per heavy atom. The molecule has 0 amide bonds. The van der Waals surface area contributed by atoms with Gasteiger partial charge in [0, 0.05) is 109 Å². The van der Waals surface area contributed by atoms with Crippen molar-refractivity contribution < 1.29 is 101 Å². The molecule has 0 spiro atoms. The van der Waals surface area contributed by atoms with E-state index in [1.165, 1.54) is 88.7 Å². The van der Waals surface area contributed by atoms with Gasteiger partial charge in [-0.05, 0) is 115 Å². The summed E-state index contributed by atoms with van der Waals surface area (Å²) >= 11 is 0. The van der Waals surface area contributed by atoms with Crippen LogP contribution in [0.1, 0.15) is 55.5 Å². The topological polar surface area (TPSA) is 151 Å². The maximum absolute atomic E-state index is 10.0. The van der Waals surface area contributed by atoms with Crippen LogP contribution in [0.5, 0.6) is 0 Å². The van der Waals surface area contributed by atoms with Crippen LogP contribution >= 0.6 is 0 Å². The number of allylic oxidation sites excluding steroid dienone is 4. The number of nitrogens with zero attached hydrogens (tertiary/aromatic N) is 6. The largest absolute Gasteiger partial charge is 2.00 e. The number of hydrogen-bond acceptors (Lipinski definition) is 10. The molecule has 0 fully saturated rings. The fourth-order valence-corrected chi connectivity index (χ4v) is 12.4. The Kier molecular flexibility index (Phi) is 38.8. The van der Waals surface area contributed by atoms with Gasteiger partial charge in [0.2, 0.25) is 0 Å². The summed E-state index contributed by atoms with van der Waals surface area (Å²) in [6.45, 7) is 21.2. The summed E-state index contributed by atoms with van der Waals surface area (Å²) in [5.74, 6) is -0.125. The van der Waals surface area contributed by atoms with Crippen LogP contribution < -0.4 is 5.19 Å². The van der Waals surface area contributed by atoms with Crippen molar-refractivity contribution >= 4 is 69.2 Å². The first-order valence-electron chi connectivity index (χ1n) is 35.4. The molecule has 5 aromatic heterocycles. The molecule has 10 aromatic carbocycles. The molecule has 0 unspecified atom stereocenters. The average Bonchev–Trinajstić information content (AvgIpc) is 0.800. The van der Waals surface area contributed by atoms with Gasteiger partial charge >= 0.3 is 21.1 Å². The average molecular weight is 2200 g/mol. The number of aromatic nitrogens is 5. The van der Waals surface area contributed by atoms with Gasteiger partial charge in [0.1, 0.15) is 0 Å². The van der Waals surface area contributed by atoms with Crippen molar-refractivity contribution in [1.29, 1.82) is 0 Å². The number of pyridine rings is 5. The van der Waals surface area contributed by atoms with Crippen LogP contribution in [-0.4, -0.2) is 61.0 Å². The van der Waals surface area contributed by atoms with Gasteiger partial charge in [-0.1, -0.05) is 184 Å². The Morgan fingerprint density at radius 3 is 1.53 bits per heavy atom. The number of aryl methyl sites for hydroxylation is 4. The maximum atomic E-state index is 10.0. The molecular weight excluding hydrogens is 2110 g/mol. The van der Waals surface area contributed by atoms with Gasteiger partial charge in [0.25, 0.3) is 0 Å². The molecule has 0 atom stereocenters. The molecule has 0 saturated carbocycles. The maximum Gasteiger partial charge on any atom is 2.00 e.